The molecule has 0 aromatic carbocycles. The monoisotopic (exact) mass is 727 g/mol. The Hall–Kier alpha value is -2.40. The van der Waals surface area contributed by atoms with Crippen molar-refractivity contribution < 1.29 is 23.8 Å². The maximum absolute atomic E-state index is 12.5. The van der Waals surface area contributed by atoms with Gasteiger partial charge in [-0.25, -0.2) is 0 Å². The van der Waals surface area contributed by atoms with Crippen molar-refractivity contribution in [3.8, 4) is 0 Å². The molecule has 5 nitrogen and oxygen atoms in total. The first-order chi connectivity index (χ1) is 25.6. The zero-order chi connectivity index (χ0) is 37.8. The molecule has 0 N–H and O–H groups in total. The molecule has 0 heterocycles. The highest BCUT2D eigenvalue weighted by atomic mass is 16.6. The Bertz CT molecular complexity index is 915. The fraction of sp³-hybridized carbons (Fsp3) is 0.745. The number of rotatable bonds is 39. The summed E-state index contributed by atoms with van der Waals surface area (Å²) in [6.07, 6.45) is 52.5. The fourth-order valence-corrected chi connectivity index (χ4v) is 5.79. The van der Waals surface area contributed by atoms with Crippen LogP contribution < -0.4 is 0 Å². The molecule has 0 fully saturated rings. The molecule has 52 heavy (non-hydrogen) atoms. The van der Waals surface area contributed by atoms with E-state index in [2.05, 4.69) is 81.5 Å². The molecule has 0 aromatic rings. The predicted octanol–water partition coefficient (Wildman–Crippen LogP) is 14.2. The average Bonchev–Trinajstić information content (AvgIpc) is 3.14. The zero-order valence-electron chi connectivity index (χ0n) is 34.3. The van der Waals surface area contributed by atoms with Crippen LogP contribution in [0.25, 0.3) is 0 Å². The highest BCUT2D eigenvalue weighted by molar-refractivity contribution is 5.70. The lowest BCUT2D eigenvalue weighted by Gasteiger charge is -2.18. The molecule has 0 saturated carbocycles. The van der Waals surface area contributed by atoms with E-state index >= 15 is 0 Å². The van der Waals surface area contributed by atoms with Gasteiger partial charge >= 0.3 is 11.9 Å². The lowest BCUT2D eigenvalue weighted by atomic mass is 10.1. The van der Waals surface area contributed by atoms with Gasteiger partial charge in [-0.1, -0.05) is 165 Å². The van der Waals surface area contributed by atoms with Crippen molar-refractivity contribution in [2.45, 2.75) is 207 Å². The van der Waals surface area contributed by atoms with Gasteiger partial charge in [-0.15, -0.1) is 0 Å². The molecule has 1 unspecified atom stereocenters. The highest BCUT2D eigenvalue weighted by Crippen LogP contribution is 2.12. The Morgan fingerprint density at radius 1 is 0.442 bits per heavy atom. The quantitative estimate of drug-likeness (QED) is 0.0358. The van der Waals surface area contributed by atoms with Gasteiger partial charge in [-0.3, -0.25) is 9.59 Å². The van der Waals surface area contributed by atoms with E-state index in [-0.39, 0.29) is 25.2 Å². The minimum Gasteiger partial charge on any atom is -0.462 e. The van der Waals surface area contributed by atoms with Crippen molar-refractivity contribution in [3.05, 3.63) is 60.8 Å². The minimum absolute atomic E-state index is 0.0668. The second kappa shape index (κ2) is 43.0. The van der Waals surface area contributed by atoms with Gasteiger partial charge in [0, 0.05) is 19.4 Å². The minimum atomic E-state index is -0.550. The number of esters is 2. The Kier molecular flexibility index (Phi) is 41.0. The van der Waals surface area contributed by atoms with Crippen LogP contribution in [0.3, 0.4) is 0 Å². The van der Waals surface area contributed by atoms with Crippen LogP contribution in [0, 0.1) is 0 Å². The first-order valence-electron chi connectivity index (χ1n) is 21.8. The maximum Gasteiger partial charge on any atom is 0.306 e. The largest absolute Gasteiger partial charge is 0.462 e. The predicted molar refractivity (Wildman–Crippen MR) is 224 cm³/mol. The van der Waals surface area contributed by atoms with Crippen molar-refractivity contribution in [3.63, 3.8) is 0 Å². The van der Waals surface area contributed by atoms with E-state index in [9.17, 15) is 9.59 Å². The molecule has 300 valence electrons. The van der Waals surface area contributed by atoms with Crippen molar-refractivity contribution in [1.29, 1.82) is 0 Å². The number of hydrogen-bond acceptors (Lipinski definition) is 5. The van der Waals surface area contributed by atoms with Crippen LogP contribution in [0.1, 0.15) is 201 Å². The first-order valence-corrected chi connectivity index (χ1v) is 21.8. The van der Waals surface area contributed by atoms with Crippen molar-refractivity contribution in [2.75, 3.05) is 19.8 Å². The number of hydrogen-bond donors (Lipinski definition) is 0. The van der Waals surface area contributed by atoms with Gasteiger partial charge in [0.2, 0.25) is 0 Å². The summed E-state index contributed by atoms with van der Waals surface area (Å²) in [6.45, 7) is 7.55. The van der Waals surface area contributed by atoms with Crippen LogP contribution in [0.5, 0.6) is 0 Å². The molecule has 0 rings (SSSR count). The molecule has 0 aliphatic rings. The fourth-order valence-electron chi connectivity index (χ4n) is 5.79. The Balaban J connectivity index is 4.15. The van der Waals surface area contributed by atoms with Gasteiger partial charge in [-0.2, -0.15) is 0 Å². The van der Waals surface area contributed by atoms with Crippen LogP contribution in [-0.2, 0) is 23.8 Å². The number of carbonyl (C=O) groups excluding carboxylic acids is 2. The lowest BCUT2D eigenvalue weighted by Crippen LogP contribution is -2.30. The Labute approximate surface area is 322 Å². The van der Waals surface area contributed by atoms with E-state index in [0.29, 0.717) is 19.4 Å². The van der Waals surface area contributed by atoms with Crippen molar-refractivity contribution in [1.82, 2.24) is 0 Å². The summed E-state index contributed by atoms with van der Waals surface area (Å²) in [6, 6.07) is 0. The van der Waals surface area contributed by atoms with Crippen LogP contribution >= 0.6 is 0 Å². The average molecular weight is 727 g/mol. The second-order valence-electron chi connectivity index (χ2n) is 14.2. The molecule has 0 spiro atoms. The standard InChI is InChI=1S/C47H82O5/c1-4-7-10-13-15-17-19-21-23-25-27-29-31-33-36-39-42-50-43-45(52-47(49)41-38-34-12-9-6-3)44-51-46(48)40-37-35-32-30-28-26-24-22-20-18-16-14-11-8-5-2/h7,10,15,17,21-24,27,29,45H,4-6,8-9,11-14,16,18-20,25-26,28,30-44H2,1-3H3/b10-7-,17-15-,23-21-,24-22-,29-27-. The molecule has 1 atom stereocenters. The highest BCUT2D eigenvalue weighted by Gasteiger charge is 2.17. The Morgan fingerprint density at radius 2 is 0.865 bits per heavy atom. The summed E-state index contributed by atoms with van der Waals surface area (Å²) in [4.78, 5) is 25.0. The van der Waals surface area contributed by atoms with Crippen LogP contribution in [0.4, 0.5) is 0 Å². The first kappa shape index (κ1) is 49.6. The second-order valence-corrected chi connectivity index (χ2v) is 14.2. The summed E-state index contributed by atoms with van der Waals surface area (Å²) in [5, 5.41) is 0. The van der Waals surface area contributed by atoms with Gasteiger partial charge in [0.25, 0.3) is 0 Å². The molecule has 0 aliphatic carbocycles. The van der Waals surface area contributed by atoms with Crippen molar-refractivity contribution >= 4 is 11.9 Å². The van der Waals surface area contributed by atoms with Crippen LogP contribution in [0.2, 0.25) is 0 Å². The molecular formula is C47H82O5. The Morgan fingerprint density at radius 3 is 1.40 bits per heavy atom. The number of carbonyl (C=O) groups is 2. The van der Waals surface area contributed by atoms with E-state index in [1.165, 1.54) is 70.6 Å². The molecule has 0 bridgehead atoms. The van der Waals surface area contributed by atoms with Gasteiger partial charge in [-0.05, 0) is 83.5 Å². The number of allylic oxidation sites excluding steroid dienone is 10. The van der Waals surface area contributed by atoms with Gasteiger partial charge < -0.3 is 14.2 Å². The summed E-state index contributed by atoms with van der Waals surface area (Å²) < 4.78 is 17.1. The molecular weight excluding hydrogens is 645 g/mol. The van der Waals surface area contributed by atoms with E-state index in [4.69, 9.17) is 14.2 Å². The summed E-state index contributed by atoms with van der Waals surface area (Å²) in [7, 11) is 0. The summed E-state index contributed by atoms with van der Waals surface area (Å²) >= 11 is 0. The van der Waals surface area contributed by atoms with Crippen molar-refractivity contribution in [2.24, 2.45) is 0 Å². The third kappa shape index (κ3) is 40.4. The molecule has 0 amide bonds. The van der Waals surface area contributed by atoms with Crippen LogP contribution in [0.15, 0.2) is 60.8 Å². The van der Waals surface area contributed by atoms with E-state index < -0.39 is 6.10 Å². The normalized spacial score (nSPS) is 12.8. The van der Waals surface area contributed by atoms with Gasteiger partial charge in [0.1, 0.15) is 6.61 Å². The molecule has 5 heteroatoms. The molecule has 0 saturated heterocycles. The number of ether oxygens (including phenoxy) is 3. The smallest absolute Gasteiger partial charge is 0.306 e. The van der Waals surface area contributed by atoms with Gasteiger partial charge in [0.15, 0.2) is 6.10 Å². The van der Waals surface area contributed by atoms with Gasteiger partial charge in [0.05, 0.1) is 6.61 Å². The molecule has 0 aromatic heterocycles. The van der Waals surface area contributed by atoms with Crippen LogP contribution in [-0.4, -0.2) is 37.9 Å². The van der Waals surface area contributed by atoms with E-state index in [0.717, 1.165) is 96.3 Å². The maximum atomic E-state index is 12.5. The third-order valence-electron chi connectivity index (χ3n) is 9.04. The zero-order valence-corrected chi connectivity index (χ0v) is 34.3. The van der Waals surface area contributed by atoms with E-state index in [1.807, 2.05) is 0 Å². The third-order valence-corrected chi connectivity index (χ3v) is 9.04. The number of unbranched alkanes of at least 4 members (excludes halogenated alkanes) is 18. The lowest BCUT2D eigenvalue weighted by molar-refractivity contribution is -0.163. The summed E-state index contributed by atoms with van der Waals surface area (Å²) in [5.41, 5.74) is 0. The topological polar surface area (TPSA) is 61.8 Å². The molecule has 0 aliphatic heterocycles. The summed E-state index contributed by atoms with van der Waals surface area (Å²) in [5.74, 6) is -0.439. The van der Waals surface area contributed by atoms with E-state index in [1.54, 1.807) is 0 Å². The molecule has 0 radical (unpaired) electrons. The SMILES string of the molecule is CC/C=C\C/C=C\C/C=C\C/C=C\CCCCCOCC(COC(=O)CCCCCCC/C=C\CCCCCCCC)OC(=O)CCCCCCC.